The highest BCUT2D eigenvalue weighted by Gasteiger charge is 2.03. The highest BCUT2D eigenvalue weighted by Crippen LogP contribution is 2.22. The molecule has 5 nitrogen and oxygen atoms in total. The largest absolute Gasteiger partial charge is 0.497 e. The average molecular weight is 278 g/mol. The van der Waals surface area contributed by atoms with Gasteiger partial charge < -0.3 is 9.47 Å². The maximum absolute atomic E-state index is 11.5. The molecule has 0 atom stereocenters. The van der Waals surface area contributed by atoms with Crippen LogP contribution in [0.2, 0.25) is 0 Å². The Morgan fingerprint density at radius 2 is 2.10 bits per heavy atom. The molecule has 0 aliphatic rings. The van der Waals surface area contributed by atoms with E-state index in [4.69, 9.17) is 9.47 Å². The predicted octanol–water partition coefficient (Wildman–Crippen LogP) is 2.73. The van der Waals surface area contributed by atoms with Crippen LogP contribution in [0.5, 0.6) is 11.5 Å². The Labute approximate surface area is 120 Å². The van der Waals surface area contributed by atoms with Crippen LogP contribution in [0.15, 0.2) is 23.3 Å². The molecule has 5 heteroatoms. The first-order valence-electron chi connectivity index (χ1n) is 6.75. The van der Waals surface area contributed by atoms with Gasteiger partial charge >= 0.3 is 0 Å². The highest BCUT2D eigenvalue weighted by atomic mass is 16.5. The molecule has 1 aromatic rings. The fourth-order valence-electron chi connectivity index (χ4n) is 1.71. The molecule has 0 bridgehead atoms. The number of rotatable bonds is 8. The number of ether oxygens (including phenoxy) is 2. The van der Waals surface area contributed by atoms with E-state index in [1.165, 1.54) is 0 Å². The third kappa shape index (κ3) is 5.30. The third-order valence-electron chi connectivity index (χ3n) is 2.84. The Hall–Kier alpha value is -2.04. The molecule has 20 heavy (non-hydrogen) atoms. The van der Waals surface area contributed by atoms with Crippen LogP contribution in [0.1, 0.15) is 38.2 Å². The fourth-order valence-corrected chi connectivity index (χ4v) is 1.71. The zero-order chi connectivity index (χ0) is 14.8. The predicted molar refractivity (Wildman–Crippen MR) is 79.4 cm³/mol. The van der Waals surface area contributed by atoms with Crippen molar-refractivity contribution in [2.45, 2.75) is 32.6 Å². The normalized spacial score (nSPS) is 10.6. The van der Waals surface area contributed by atoms with Crippen LogP contribution in [0.25, 0.3) is 0 Å². The molecular formula is C15H22N2O3. The van der Waals surface area contributed by atoms with Crippen LogP contribution in [0.3, 0.4) is 0 Å². The summed E-state index contributed by atoms with van der Waals surface area (Å²) in [5, 5.41) is 3.94. The number of carbonyl (C=O) groups excluding carboxylic acids is 1. The van der Waals surface area contributed by atoms with E-state index in [-0.39, 0.29) is 5.91 Å². The standard InChI is InChI=1S/C15H22N2O3/c1-4-5-6-7-15(18)17-16-11-12-10-13(19-2)8-9-14(12)20-3/h8-11H,4-7H2,1-3H3,(H,17,18)/b16-11+. The van der Waals surface area contributed by atoms with Crippen LogP contribution in [0.4, 0.5) is 0 Å². The average Bonchev–Trinajstić information content (AvgIpc) is 2.47. The van der Waals surface area contributed by atoms with Crippen molar-refractivity contribution in [3.05, 3.63) is 23.8 Å². The van der Waals surface area contributed by atoms with E-state index in [1.807, 2.05) is 0 Å². The molecule has 0 heterocycles. The van der Waals surface area contributed by atoms with Gasteiger partial charge in [0.1, 0.15) is 11.5 Å². The van der Waals surface area contributed by atoms with E-state index in [9.17, 15) is 4.79 Å². The van der Waals surface area contributed by atoms with Gasteiger partial charge in [0.25, 0.3) is 0 Å². The molecule has 1 aromatic carbocycles. The molecule has 0 unspecified atom stereocenters. The lowest BCUT2D eigenvalue weighted by molar-refractivity contribution is -0.121. The van der Waals surface area contributed by atoms with Gasteiger partial charge in [0, 0.05) is 12.0 Å². The number of unbranched alkanes of at least 4 members (excludes halogenated alkanes) is 2. The Bertz CT molecular complexity index is 458. The van der Waals surface area contributed by atoms with Crippen molar-refractivity contribution in [2.24, 2.45) is 5.10 Å². The van der Waals surface area contributed by atoms with Gasteiger partial charge in [-0.05, 0) is 24.6 Å². The highest BCUT2D eigenvalue weighted by molar-refractivity contribution is 5.85. The van der Waals surface area contributed by atoms with Gasteiger partial charge in [-0.1, -0.05) is 19.8 Å². The van der Waals surface area contributed by atoms with E-state index >= 15 is 0 Å². The van der Waals surface area contributed by atoms with Gasteiger partial charge in [-0.2, -0.15) is 5.10 Å². The van der Waals surface area contributed by atoms with Crippen molar-refractivity contribution in [1.82, 2.24) is 5.43 Å². The molecule has 1 amide bonds. The Morgan fingerprint density at radius 3 is 2.75 bits per heavy atom. The number of nitrogens with one attached hydrogen (secondary N) is 1. The summed E-state index contributed by atoms with van der Waals surface area (Å²) in [6, 6.07) is 5.40. The lowest BCUT2D eigenvalue weighted by Crippen LogP contribution is -2.16. The van der Waals surface area contributed by atoms with Gasteiger partial charge in [-0.25, -0.2) is 5.43 Å². The number of nitrogens with zero attached hydrogens (tertiary/aromatic N) is 1. The maximum atomic E-state index is 11.5. The Kier molecular flexibility index (Phi) is 7.17. The second kappa shape index (κ2) is 8.96. The number of hydrogen-bond acceptors (Lipinski definition) is 4. The summed E-state index contributed by atoms with van der Waals surface area (Å²) < 4.78 is 10.4. The summed E-state index contributed by atoms with van der Waals surface area (Å²) in [4.78, 5) is 11.5. The van der Waals surface area contributed by atoms with Crippen LogP contribution in [0, 0.1) is 0 Å². The second-order valence-corrected chi connectivity index (χ2v) is 4.36. The van der Waals surface area contributed by atoms with Gasteiger partial charge in [-0.3, -0.25) is 4.79 Å². The number of amides is 1. The third-order valence-corrected chi connectivity index (χ3v) is 2.84. The fraction of sp³-hybridized carbons (Fsp3) is 0.467. The molecule has 0 aromatic heterocycles. The molecule has 0 aliphatic heterocycles. The SMILES string of the molecule is CCCCCC(=O)N/N=C/c1cc(OC)ccc1OC. The van der Waals surface area contributed by atoms with Crippen molar-refractivity contribution in [1.29, 1.82) is 0 Å². The smallest absolute Gasteiger partial charge is 0.240 e. The summed E-state index contributed by atoms with van der Waals surface area (Å²) in [5.74, 6) is 1.31. The van der Waals surface area contributed by atoms with Crippen molar-refractivity contribution < 1.29 is 14.3 Å². The first-order valence-corrected chi connectivity index (χ1v) is 6.75. The number of hydrazone groups is 1. The van der Waals surface area contributed by atoms with E-state index in [0.717, 1.165) is 24.8 Å². The van der Waals surface area contributed by atoms with Gasteiger partial charge in [0.05, 0.1) is 20.4 Å². The molecule has 1 N–H and O–H groups in total. The Balaban J connectivity index is 2.58. The number of methoxy groups -OCH3 is 2. The molecule has 110 valence electrons. The van der Waals surface area contributed by atoms with Gasteiger partial charge in [0.2, 0.25) is 5.91 Å². The minimum absolute atomic E-state index is 0.0726. The molecule has 0 spiro atoms. The summed E-state index contributed by atoms with van der Waals surface area (Å²) in [6.45, 7) is 2.10. The molecule has 0 radical (unpaired) electrons. The molecule has 0 fully saturated rings. The van der Waals surface area contributed by atoms with E-state index in [1.54, 1.807) is 38.6 Å². The number of benzene rings is 1. The topological polar surface area (TPSA) is 59.9 Å². The zero-order valence-corrected chi connectivity index (χ0v) is 12.3. The van der Waals surface area contributed by atoms with Crippen molar-refractivity contribution >= 4 is 12.1 Å². The van der Waals surface area contributed by atoms with E-state index in [2.05, 4.69) is 17.5 Å². The van der Waals surface area contributed by atoms with Gasteiger partial charge in [0.15, 0.2) is 0 Å². The number of carbonyl (C=O) groups is 1. The van der Waals surface area contributed by atoms with E-state index in [0.29, 0.717) is 17.9 Å². The Morgan fingerprint density at radius 1 is 1.30 bits per heavy atom. The van der Waals surface area contributed by atoms with Gasteiger partial charge in [-0.15, -0.1) is 0 Å². The first-order chi connectivity index (χ1) is 9.71. The zero-order valence-electron chi connectivity index (χ0n) is 12.3. The van der Waals surface area contributed by atoms with Crippen molar-refractivity contribution in [3.63, 3.8) is 0 Å². The lowest BCUT2D eigenvalue weighted by Gasteiger charge is -2.06. The van der Waals surface area contributed by atoms with Crippen LogP contribution < -0.4 is 14.9 Å². The monoisotopic (exact) mass is 278 g/mol. The van der Waals surface area contributed by atoms with E-state index < -0.39 is 0 Å². The molecule has 0 aliphatic carbocycles. The molecular weight excluding hydrogens is 256 g/mol. The molecule has 0 saturated heterocycles. The van der Waals surface area contributed by atoms with Crippen LogP contribution in [-0.4, -0.2) is 26.3 Å². The minimum atomic E-state index is -0.0726. The molecule has 0 saturated carbocycles. The van der Waals surface area contributed by atoms with Crippen LogP contribution in [-0.2, 0) is 4.79 Å². The molecule has 1 rings (SSSR count). The maximum Gasteiger partial charge on any atom is 0.240 e. The van der Waals surface area contributed by atoms with Crippen LogP contribution >= 0.6 is 0 Å². The first kappa shape index (κ1) is 16.0. The summed E-state index contributed by atoms with van der Waals surface area (Å²) in [6.07, 6.45) is 5.10. The lowest BCUT2D eigenvalue weighted by atomic mass is 10.2. The summed E-state index contributed by atoms with van der Waals surface area (Å²) >= 11 is 0. The van der Waals surface area contributed by atoms with Crippen molar-refractivity contribution in [3.8, 4) is 11.5 Å². The van der Waals surface area contributed by atoms with Crippen molar-refractivity contribution in [2.75, 3.05) is 14.2 Å². The minimum Gasteiger partial charge on any atom is -0.497 e. The number of hydrogen-bond donors (Lipinski definition) is 1. The summed E-state index contributed by atoms with van der Waals surface area (Å²) in [7, 11) is 3.18. The summed E-state index contributed by atoms with van der Waals surface area (Å²) in [5.41, 5.74) is 3.26. The quantitative estimate of drug-likeness (QED) is 0.452. The second-order valence-electron chi connectivity index (χ2n) is 4.36.